The van der Waals surface area contributed by atoms with Crippen LogP contribution in [-0.4, -0.2) is 75.9 Å². The molecular weight excluding hydrogens is 660 g/mol. The molecule has 0 spiro atoms. The molecule has 260 valence electrons. The minimum Gasteiger partial charge on any atom is -0.475 e. The van der Waals surface area contributed by atoms with Gasteiger partial charge < -0.3 is 35.7 Å². The predicted molar refractivity (Wildman–Crippen MR) is 156 cm³/mol. The van der Waals surface area contributed by atoms with Crippen LogP contribution in [0.1, 0.15) is 45.1 Å². The van der Waals surface area contributed by atoms with E-state index in [1.165, 1.54) is 0 Å². The number of nitrogen functional groups attached to an aromatic ring is 2. The average molecular weight is 690 g/mol. The third-order valence-electron chi connectivity index (χ3n) is 5.56. The molecule has 1 heterocycles. The minimum absolute atomic E-state index is 0.00535. The lowest BCUT2D eigenvalue weighted by Crippen LogP contribution is -2.21. The highest BCUT2D eigenvalue weighted by atomic mass is 19.4. The molecule has 0 fully saturated rings. The fourth-order valence-electron chi connectivity index (χ4n) is 3.45. The summed E-state index contributed by atoms with van der Waals surface area (Å²) in [6, 6.07) is 14.5. The molecule has 0 amide bonds. The van der Waals surface area contributed by atoms with E-state index < -0.39 is 42.8 Å². The van der Waals surface area contributed by atoms with Crippen LogP contribution >= 0.6 is 0 Å². The number of rotatable bonds is 10. The lowest BCUT2D eigenvalue weighted by molar-refractivity contribution is -0.193. The van der Waals surface area contributed by atoms with Gasteiger partial charge in [0, 0.05) is 30.1 Å². The van der Waals surface area contributed by atoms with Gasteiger partial charge in [-0.1, -0.05) is 42.5 Å². The van der Waals surface area contributed by atoms with Crippen molar-refractivity contribution in [2.45, 2.75) is 32.2 Å². The molecule has 1 aromatic heterocycles. The largest absolute Gasteiger partial charge is 0.490 e. The second-order valence-electron chi connectivity index (χ2n) is 9.26. The lowest BCUT2D eigenvalue weighted by atomic mass is 10.0. The van der Waals surface area contributed by atoms with Crippen molar-refractivity contribution in [1.29, 1.82) is 10.8 Å². The van der Waals surface area contributed by atoms with Crippen molar-refractivity contribution in [3.05, 3.63) is 94.3 Å². The van der Waals surface area contributed by atoms with Gasteiger partial charge in [-0.05, 0) is 36.1 Å². The molecule has 0 saturated heterocycles. The Hall–Kier alpha value is -5.88. The molecule has 0 atom stereocenters. The third-order valence-corrected chi connectivity index (χ3v) is 5.56. The summed E-state index contributed by atoms with van der Waals surface area (Å²) >= 11 is 0. The van der Waals surface area contributed by atoms with Crippen molar-refractivity contribution in [2.75, 3.05) is 13.2 Å². The van der Waals surface area contributed by atoms with E-state index in [0.717, 1.165) is 11.1 Å². The van der Waals surface area contributed by atoms with Crippen LogP contribution < -0.4 is 11.5 Å². The van der Waals surface area contributed by atoms with Gasteiger partial charge in [0.2, 0.25) is 0 Å². The van der Waals surface area contributed by atoms with Crippen molar-refractivity contribution >= 4 is 35.5 Å². The number of amidine groups is 2. The van der Waals surface area contributed by atoms with Crippen molar-refractivity contribution in [2.24, 2.45) is 11.5 Å². The molecule has 48 heavy (non-hydrogen) atoms. The summed E-state index contributed by atoms with van der Waals surface area (Å²) in [4.78, 5) is 42.2. The Labute approximate surface area is 267 Å². The summed E-state index contributed by atoms with van der Waals surface area (Å²) in [5, 5.41) is 29.4. The molecule has 0 aliphatic heterocycles. The fourth-order valence-corrected chi connectivity index (χ4v) is 3.45. The van der Waals surface area contributed by atoms with Gasteiger partial charge in [-0.15, -0.1) is 0 Å². The number of nitrogens with zero attached hydrogens (tertiary/aromatic N) is 1. The van der Waals surface area contributed by atoms with Crippen molar-refractivity contribution in [1.82, 2.24) is 4.57 Å². The first-order valence-electron chi connectivity index (χ1n) is 13.1. The van der Waals surface area contributed by atoms with Crippen LogP contribution in [0.5, 0.6) is 0 Å². The highest BCUT2D eigenvalue weighted by Gasteiger charge is 2.38. The summed E-state index contributed by atoms with van der Waals surface area (Å²) in [5.41, 5.74) is 15.2. The van der Waals surface area contributed by atoms with Crippen LogP contribution in [0, 0.1) is 10.8 Å². The monoisotopic (exact) mass is 689 g/mol. The third kappa shape index (κ3) is 14.0. The molecule has 3 rings (SSSR count). The average Bonchev–Trinajstić information content (AvgIpc) is 3.37. The first kappa shape index (κ1) is 40.1. The number of ether oxygens (including phenoxy) is 2. The van der Waals surface area contributed by atoms with Gasteiger partial charge in [-0.25, -0.2) is 19.2 Å². The molecule has 0 radical (unpaired) electrons. The number of nitrogens with two attached hydrogens (primary N) is 2. The van der Waals surface area contributed by atoms with E-state index in [9.17, 15) is 35.9 Å². The van der Waals surface area contributed by atoms with E-state index in [-0.39, 0.29) is 18.3 Å². The van der Waals surface area contributed by atoms with Gasteiger partial charge in [-0.3, -0.25) is 10.8 Å². The van der Waals surface area contributed by atoms with Gasteiger partial charge in [0.1, 0.15) is 11.7 Å². The van der Waals surface area contributed by atoms with E-state index in [2.05, 4.69) is 0 Å². The summed E-state index contributed by atoms with van der Waals surface area (Å²) in [5.74, 6) is -6.80. The van der Waals surface area contributed by atoms with Gasteiger partial charge in [0.25, 0.3) is 0 Å². The van der Waals surface area contributed by atoms with E-state index in [4.69, 9.17) is 51.6 Å². The summed E-state index contributed by atoms with van der Waals surface area (Å²) < 4.78 is 75.3. The van der Waals surface area contributed by atoms with Crippen molar-refractivity contribution < 1.29 is 65.2 Å². The van der Waals surface area contributed by atoms with E-state index in [1.807, 2.05) is 29.0 Å². The number of hydrogen-bond acceptors (Lipinski definition) is 8. The van der Waals surface area contributed by atoms with Crippen molar-refractivity contribution in [3.8, 4) is 0 Å². The normalized spacial score (nSPS) is 10.7. The van der Waals surface area contributed by atoms with E-state index in [1.54, 1.807) is 43.5 Å². The Morgan fingerprint density at radius 2 is 1.31 bits per heavy atom. The highest BCUT2D eigenvalue weighted by Crippen LogP contribution is 2.20. The SMILES string of the molecule is CCOC(=O)COC(=O)c1cn(Cc2ccc(C(=N)N)cc2)cc1Cc1cccc(C(=N)N)c1.O=C(O)C(F)(F)F.O=C(O)C(F)(F)F. The lowest BCUT2D eigenvalue weighted by Gasteiger charge is -2.07. The molecule has 0 aliphatic carbocycles. The Balaban J connectivity index is 0.000000687. The van der Waals surface area contributed by atoms with Crippen LogP contribution in [-0.2, 0) is 36.8 Å². The van der Waals surface area contributed by atoms with Crippen LogP contribution in [0.4, 0.5) is 26.3 Å². The van der Waals surface area contributed by atoms with Crippen LogP contribution in [0.25, 0.3) is 0 Å². The Bertz CT molecular complexity index is 1600. The highest BCUT2D eigenvalue weighted by molar-refractivity contribution is 5.95. The smallest absolute Gasteiger partial charge is 0.475 e. The van der Waals surface area contributed by atoms with Gasteiger partial charge >= 0.3 is 36.2 Å². The molecule has 13 nitrogen and oxygen atoms in total. The zero-order chi connectivity index (χ0) is 36.8. The molecular formula is C29H29F6N5O8. The van der Waals surface area contributed by atoms with Gasteiger partial charge in [-0.2, -0.15) is 26.3 Å². The second kappa shape index (κ2) is 17.7. The number of carbonyl (C=O) groups is 4. The Morgan fingerprint density at radius 1 is 0.792 bits per heavy atom. The summed E-state index contributed by atoms with van der Waals surface area (Å²) in [6.07, 6.45) is -6.24. The molecule has 19 heteroatoms. The number of hydrogen-bond donors (Lipinski definition) is 6. The number of benzene rings is 2. The van der Waals surface area contributed by atoms with Crippen LogP contribution in [0.2, 0.25) is 0 Å². The second-order valence-corrected chi connectivity index (χ2v) is 9.26. The minimum atomic E-state index is -5.08. The van der Waals surface area contributed by atoms with E-state index >= 15 is 0 Å². The first-order valence-corrected chi connectivity index (χ1v) is 13.1. The zero-order valence-corrected chi connectivity index (χ0v) is 24.8. The zero-order valence-electron chi connectivity index (χ0n) is 24.8. The van der Waals surface area contributed by atoms with Crippen LogP contribution in [0.3, 0.4) is 0 Å². The number of halogens is 6. The predicted octanol–water partition coefficient (Wildman–Crippen LogP) is 3.68. The number of esters is 2. The number of aliphatic carboxylic acids is 2. The number of carbonyl (C=O) groups excluding carboxylic acids is 2. The first-order chi connectivity index (χ1) is 22.1. The number of aromatic nitrogens is 1. The van der Waals surface area contributed by atoms with Gasteiger partial charge in [0.15, 0.2) is 6.61 Å². The summed E-state index contributed by atoms with van der Waals surface area (Å²) in [6.45, 7) is 1.89. The van der Waals surface area contributed by atoms with Gasteiger partial charge in [0.05, 0.1) is 12.2 Å². The molecule has 0 aliphatic rings. The maximum atomic E-state index is 12.8. The fraction of sp³-hybridized carbons (Fsp3) is 0.241. The molecule has 8 N–H and O–H groups in total. The number of nitrogens with one attached hydrogen (secondary N) is 2. The maximum absolute atomic E-state index is 12.8. The molecule has 0 saturated carbocycles. The molecule has 0 unspecified atom stereocenters. The molecule has 2 aromatic carbocycles. The number of carboxylic acids is 2. The van der Waals surface area contributed by atoms with Crippen molar-refractivity contribution in [3.63, 3.8) is 0 Å². The Kier molecular flexibility index (Phi) is 14.8. The Morgan fingerprint density at radius 3 is 1.77 bits per heavy atom. The number of carboxylic acid groups (broad SMARTS) is 2. The standard InChI is InChI=1S/C25H27N5O4.2C2HF3O2/c1-2-33-22(31)15-34-25(32)21-14-30(12-16-6-8-18(9-7-16)23(26)27)13-20(21)11-17-4-3-5-19(10-17)24(28)29;2*3-2(4,5)1(6)7/h3-10,13-14H,2,11-12,15H2,1H3,(H3,26,27)(H3,28,29);2*(H,6,7). The number of alkyl halides is 6. The molecule has 3 aromatic rings. The molecule has 0 bridgehead atoms. The summed E-state index contributed by atoms with van der Waals surface area (Å²) in [7, 11) is 0. The van der Waals surface area contributed by atoms with Crippen LogP contribution in [0.15, 0.2) is 60.9 Å². The quantitative estimate of drug-likeness (QED) is 0.0782. The topological polar surface area (TPSA) is 232 Å². The van der Waals surface area contributed by atoms with E-state index in [0.29, 0.717) is 35.2 Å². The maximum Gasteiger partial charge on any atom is 0.490 e.